The molecule has 10 heavy (non-hydrogen) atoms. The molecule has 56 valence electrons. The van der Waals surface area contributed by atoms with Crippen molar-refractivity contribution in [3.05, 3.63) is 22.8 Å². The Morgan fingerprint density at radius 2 is 0.800 bits per heavy atom. The summed E-state index contributed by atoms with van der Waals surface area (Å²) in [6, 6.07) is 0. The second-order valence-electron chi connectivity index (χ2n) is 2.67. The molecule has 0 fully saturated rings. The Morgan fingerprint density at radius 1 is 0.600 bits per heavy atom. The molecule has 0 radical (unpaired) electrons. The van der Waals surface area contributed by atoms with Gasteiger partial charge in [-0.15, -0.1) is 0 Å². The molecule has 1 aliphatic rings. The van der Waals surface area contributed by atoms with E-state index >= 15 is 0 Å². The maximum absolute atomic E-state index is 5.65. The largest absolute Gasteiger partial charge is 0.333 e. The third kappa shape index (κ3) is 1.87. The maximum Gasteiger partial charge on any atom is 0.246 e. The molecule has 0 bridgehead atoms. The first-order valence-corrected chi connectivity index (χ1v) is 7.59. The van der Waals surface area contributed by atoms with Crippen LogP contribution >= 0.6 is 0 Å². The van der Waals surface area contributed by atoms with Crippen LogP contribution in [0.2, 0.25) is 0 Å². The van der Waals surface area contributed by atoms with Crippen molar-refractivity contribution in [3.63, 3.8) is 0 Å². The molecule has 1 rings (SSSR count). The van der Waals surface area contributed by atoms with E-state index in [0.717, 1.165) is 0 Å². The fourth-order valence-corrected chi connectivity index (χ4v) is 5.53. The lowest BCUT2D eigenvalue weighted by atomic mass is 11.2. The van der Waals surface area contributed by atoms with Gasteiger partial charge in [0.1, 0.15) is 0 Å². The molecule has 0 aromatic rings. The molecule has 0 aliphatic carbocycles. The summed E-state index contributed by atoms with van der Waals surface area (Å²) in [4.78, 5) is 0. The van der Waals surface area contributed by atoms with E-state index in [4.69, 9.17) is 21.6 Å². The van der Waals surface area contributed by atoms with Gasteiger partial charge >= 0.3 is 0 Å². The molecule has 0 atom stereocenters. The number of nitrogens with two attached hydrogens (primary N) is 4. The van der Waals surface area contributed by atoms with Gasteiger partial charge in [-0.1, -0.05) is 22.8 Å². The molecule has 0 unspecified atom stereocenters. The van der Waals surface area contributed by atoms with Crippen molar-refractivity contribution in [2.24, 2.45) is 21.6 Å². The monoisotopic (exact) mass is 172 g/mol. The summed E-state index contributed by atoms with van der Waals surface area (Å²) in [7, 11) is -4.33. The van der Waals surface area contributed by atoms with Crippen LogP contribution in [-0.2, 0) is 0 Å². The molecule has 4 nitrogen and oxygen atoms in total. The van der Waals surface area contributed by atoms with Crippen LogP contribution in [0.5, 0.6) is 0 Å². The van der Waals surface area contributed by atoms with Gasteiger partial charge in [-0.2, -0.15) is 0 Å². The molecule has 0 aromatic carbocycles. The zero-order valence-electron chi connectivity index (χ0n) is 5.62. The minimum atomic E-state index is -2.17. The van der Waals surface area contributed by atoms with Gasteiger partial charge in [0.05, 0.1) is 0 Å². The predicted molar refractivity (Wildman–Crippen MR) is 46.5 cm³/mol. The Bertz CT molecular complexity index is 157. The van der Waals surface area contributed by atoms with E-state index in [2.05, 4.69) is 0 Å². The highest BCUT2D eigenvalue weighted by molar-refractivity contribution is 6.93. The van der Waals surface area contributed by atoms with Crippen molar-refractivity contribution >= 4 is 16.8 Å². The molecule has 0 spiro atoms. The van der Waals surface area contributed by atoms with Crippen LogP contribution < -0.4 is 21.6 Å². The maximum atomic E-state index is 5.65. The molecule has 0 saturated heterocycles. The van der Waals surface area contributed by atoms with Crippen LogP contribution in [0.15, 0.2) is 22.8 Å². The normalized spacial score (nSPS) is 26.8. The lowest BCUT2D eigenvalue weighted by Gasteiger charge is -2.21. The van der Waals surface area contributed by atoms with Crippen molar-refractivity contribution < 1.29 is 0 Å². The Hall–Kier alpha value is -0.246. The Morgan fingerprint density at radius 3 is 1.00 bits per heavy atom. The average molecular weight is 172 g/mol. The average Bonchev–Trinajstić information content (AvgIpc) is 1.79. The topological polar surface area (TPSA) is 104 Å². The quantitative estimate of drug-likeness (QED) is 0.317. The van der Waals surface area contributed by atoms with Crippen molar-refractivity contribution in [2.45, 2.75) is 0 Å². The van der Waals surface area contributed by atoms with Gasteiger partial charge in [0.15, 0.2) is 0 Å². The summed E-state index contributed by atoms with van der Waals surface area (Å²) in [5.41, 5.74) is 7.11. The molecule has 1 aliphatic heterocycles. The van der Waals surface area contributed by atoms with Gasteiger partial charge in [0.2, 0.25) is 16.8 Å². The molecule has 1 heterocycles. The Labute approximate surface area is 61.9 Å². The fourth-order valence-electron chi connectivity index (χ4n) is 0.688. The second-order valence-corrected chi connectivity index (χ2v) is 8.00. The number of hydrogen-bond acceptors (Lipinski definition) is 4. The first-order valence-electron chi connectivity index (χ1n) is 2.98. The van der Waals surface area contributed by atoms with Crippen molar-refractivity contribution in [1.29, 1.82) is 0 Å². The smallest absolute Gasteiger partial charge is 0.246 e. The summed E-state index contributed by atoms with van der Waals surface area (Å²) in [5, 5.41) is 22.6. The SMILES string of the molecule is N[Si]1(N)C=C[Si](N)(N)C=C1. The van der Waals surface area contributed by atoms with Crippen LogP contribution in [-0.4, -0.2) is 16.8 Å². The summed E-state index contributed by atoms with van der Waals surface area (Å²) in [6.07, 6.45) is 0. The van der Waals surface area contributed by atoms with E-state index in [-0.39, 0.29) is 0 Å². The van der Waals surface area contributed by atoms with Crippen molar-refractivity contribution in [1.82, 2.24) is 0 Å². The Kier molecular flexibility index (Phi) is 1.67. The van der Waals surface area contributed by atoms with E-state index in [1.807, 2.05) is 0 Å². The zero-order chi connectivity index (χ0) is 7.83. The third-order valence-electron chi connectivity index (χ3n) is 1.32. The van der Waals surface area contributed by atoms with Gasteiger partial charge < -0.3 is 21.6 Å². The van der Waals surface area contributed by atoms with Crippen LogP contribution in [0.3, 0.4) is 0 Å². The highest BCUT2D eigenvalue weighted by Crippen LogP contribution is 2.02. The van der Waals surface area contributed by atoms with Gasteiger partial charge in [0, 0.05) is 0 Å². The second kappa shape index (κ2) is 2.12. The fraction of sp³-hybridized carbons (Fsp3) is 0. The zero-order valence-corrected chi connectivity index (χ0v) is 7.62. The highest BCUT2D eigenvalue weighted by Gasteiger charge is 2.26. The summed E-state index contributed by atoms with van der Waals surface area (Å²) in [5.74, 6) is 0. The van der Waals surface area contributed by atoms with Gasteiger partial charge in [-0.3, -0.25) is 0 Å². The van der Waals surface area contributed by atoms with Crippen LogP contribution in [0, 0.1) is 0 Å². The van der Waals surface area contributed by atoms with E-state index in [9.17, 15) is 0 Å². The predicted octanol–water partition coefficient (Wildman–Crippen LogP) is -2.01. The summed E-state index contributed by atoms with van der Waals surface area (Å²) < 4.78 is 0. The minimum absolute atomic E-state index is 1.78. The van der Waals surface area contributed by atoms with Crippen molar-refractivity contribution in [2.75, 3.05) is 0 Å². The van der Waals surface area contributed by atoms with E-state index in [0.29, 0.717) is 0 Å². The molecule has 6 heteroatoms. The minimum Gasteiger partial charge on any atom is -0.333 e. The van der Waals surface area contributed by atoms with Crippen LogP contribution in [0.25, 0.3) is 0 Å². The summed E-state index contributed by atoms with van der Waals surface area (Å²) >= 11 is 0. The van der Waals surface area contributed by atoms with Gasteiger partial charge in [-0.25, -0.2) is 0 Å². The van der Waals surface area contributed by atoms with Gasteiger partial charge in [0.25, 0.3) is 0 Å². The molecular formula is C4H12N4Si2. The first-order chi connectivity index (χ1) is 4.41. The number of hydrogen-bond donors (Lipinski definition) is 4. The lowest BCUT2D eigenvalue weighted by molar-refractivity contribution is 1.52. The lowest BCUT2D eigenvalue weighted by Crippen LogP contribution is -2.61. The highest BCUT2D eigenvalue weighted by atomic mass is 28.4. The van der Waals surface area contributed by atoms with Crippen LogP contribution in [0.4, 0.5) is 0 Å². The molecule has 8 N–H and O–H groups in total. The first kappa shape index (κ1) is 7.86. The molecule has 0 saturated carbocycles. The van der Waals surface area contributed by atoms with Gasteiger partial charge in [-0.05, 0) is 0 Å². The standard InChI is InChI=1S/C4H12N4Si2/c5-9(6)1-2-10(7,8)4-3-9/h1-4H,5-8H2. The third-order valence-corrected chi connectivity index (χ3v) is 4.96. The van der Waals surface area contributed by atoms with E-state index < -0.39 is 16.8 Å². The molecule has 0 aromatic heterocycles. The number of rotatable bonds is 0. The molecule has 0 amide bonds. The van der Waals surface area contributed by atoms with E-state index in [1.54, 1.807) is 22.8 Å². The Balaban J connectivity index is 2.81. The van der Waals surface area contributed by atoms with Crippen molar-refractivity contribution in [3.8, 4) is 0 Å². The summed E-state index contributed by atoms with van der Waals surface area (Å²) in [6.45, 7) is 0. The molecular weight excluding hydrogens is 160 g/mol. The van der Waals surface area contributed by atoms with E-state index in [1.165, 1.54) is 0 Å². The van der Waals surface area contributed by atoms with Crippen LogP contribution in [0.1, 0.15) is 0 Å².